The van der Waals surface area contributed by atoms with Crippen molar-refractivity contribution in [1.29, 1.82) is 0 Å². The van der Waals surface area contributed by atoms with Gasteiger partial charge in [-0.2, -0.15) is 0 Å². The molecule has 1 saturated heterocycles. The average molecular weight is 367 g/mol. The van der Waals surface area contributed by atoms with E-state index in [1.54, 1.807) is 6.33 Å². The van der Waals surface area contributed by atoms with Crippen molar-refractivity contribution in [3.63, 3.8) is 0 Å². The third-order valence-corrected chi connectivity index (χ3v) is 6.20. The zero-order chi connectivity index (χ0) is 18.9. The van der Waals surface area contributed by atoms with Gasteiger partial charge in [-0.25, -0.2) is 9.97 Å². The minimum Gasteiger partial charge on any atom is -0.396 e. The fourth-order valence-corrected chi connectivity index (χ4v) is 4.56. The topological polar surface area (TPSA) is 61.3 Å². The molecule has 2 aliphatic rings. The minimum atomic E-state index is 0.221. The van der Waals surface area contributed by atoms with E-state index < -0.39 is 0 Å². The Kier molecular flexibility index (Phi) is 5.04. The molecule has 2 atom stereocenters. The van der Waals surface area contributed by atoms with Crippen LogP contribution in [0.15, 0.2) is 36.7 Å². The molecule has 2 aromatic rings. The van der Waals surface area contributed by atoms with Crippen LogP contribution in [0.2, 0.25) is 0 Å². The fourth-order valence-electron chi connectivity index (χ4n) is 4.56. The third-order valence-electron chi connectivity index (χ3n) is 6.20. The van der Waals surface area contributed by atoms with Crippen molar-refractivity contribution in [2.75, 3.05) is 29.9 Å². The summed E-state index contributed by atoms with van der Waals surface area (Å²) in [7, 11) is 0. The molecule has 0 amide bonds. The molecule has 2 unspecified atom stereocenters. The quantitative estimate of drug-likeness (QED) is 0.859. The average Bonchev–Trinajstić information content (AvgIpc) is 2.71. The van der Waals surface area contributed by atoms with Crippen LogP contribution in [0.4, 0.5) is 11.6 Å². The summed E-state index contributed by atoms with van der Waals surface area (Å²) >= 11 is 0. The molecule has 1 aromatic heterocycles. The highest BCUT2D eigenvalue weighted by Gasteiger charge is 2.32. The number of hydrogen-bond donors (Lipinski definition) is 2. The summed E-state index contributed by atoms with van der Waals surface area (Å²) in [4.78, 5) is 11.2. The summed E-state index contributed by atoms with van der Waals surface area (Å²) in [6.07, 6.45) is 6.10. The Morgan fingerprint density at radius 1 is 1.22 bits per heavy atom. The van der Waals surface area contributed by atoms with E-state index in [-0.39, 0.29) is 18.1 Å². The van der Waals surface area contributed by atoms with Crippen molar-refractivity contribution in [1.82, 2.24) is 9.97 Å². The number of piperidine rings is 1. The van der Waals surface area contributed by atoms with Gasteiger partial charge in [-0.15, -0.1) is 0 Å². The monoisotopic (exact) mass is 366 g/mol. The highest BCUT2D eigenvalue weighted by molar-refractivity contribution is 5.51. The van der Waals surface area contributed by atoms with Gasteiger partial charge in [-0.05, 0) is 48.1 Å². The number of benzene rings is 1. The predicted octanol–water partition coefficient (Wildman–Crippen LogP) is 3.91. The molecule has 1 fully saturated rings. The molecule has 27 heavy (non-hydrogen) atoms. The first-order chi connectivity index (χ1) is 13.1. The maximum Gasteiger partial charge on any atom is 0.134 e. The summed E-state index contributed by atoms with van der Waals surface area (Å²) in [6.45, 7) is 6.78. The number of anilines is 2. The molecule has 5 heteroatoms. The number of nitrogens with one attached hydrogen (secondary N) is 1. The van der Waals surface area contributed by atoms with E-state index in [2.05, 4.69) is 64.4 Å². The Labute approximate surface area is 161 Å². The predicted molar refractivity (Wildman–Crippen MR) is 109 cm³/mol. The summed E-state index contributed by atoms with van der Waals surface area (Å²) in [5.41, 5.74) is 3.04. The number of rotatable bonds is 4. The van der Waals surface area contributed by atoms with Crippen LogP contribution in [-0.2, 0) is 5.41 Å². The minimum absolute atomic E-state index is 0.221. The fraction of sp³-hybridized carbons (Fsp3) is 0.545. The molecule has 4 rings (SSSR count). The normalized spacial score (nSPS) is 24.3. The van der Waals surface area contributed by atoms with E-state index in [4.69, 9.17) is 0 Å². The van der Waals surface area contributed by atoms with Gasteiger partial charge in [0.2, 0.25) is 0 Å². The maximum absolute atomic E-state index is 9.49. The van der Waals surface area contributed by atoms with E-state index in [9.17, 15) is 5.11 Å². The SMILES string of the molecule is CC1(C)CCC(Nc2cc(N3CCCC(CO)C3)ncn2)c2ccccc21. The lowest BCUT2D eigenvalue weighted by atomic mass is 9.71. The van der Waals surface area contributed by atoms with Crippen LogP contribution in [-0.4, -0.2) is 34.8 Å². The Bertz CT molecular complexity index is 791. The lowest BCUT2D eigenvalue weighted by molar-refractivity contribution is 0.208. The van der Waals surface area contributed by atoms with Crippen LogP contribution in [0.25, 0.3) is 0 Å². The zero-order valence-corrected chi connectivity index (χ0v) is 16.4. The summed E-state index contributed by atoms with van der Waals surface area (Å²) < 4.78 is 0. The van der Waals surface area contributed by atoms with E-state index in [1.165, 1.54) is 11.1 Å². The second kappa shape index (κ2) is 7.47. The molecule has 1 aromatic carbocycles. The van der Waals surface area contributed by atoms with Crippen molar-refractivity contribution in [2.45, 2.75) is 51.0 Å². The van der Waals surface area contributed by atoms with Crippen molar-refractivity contribution >= 4 is 11.6 Å². The van der Waals surface area contributed by atoms with Crippen LogP contribution < -0.4 is 10.2 Å². The first kappa shape index (κ1) is 18.2. The number of aromatic nitrogens is 2. The smallest absolute Gasteiger partial charge is 0.134 e. The van der Waals surface area contributed by atoms with Crippen LogP contribution in [0.1, 0.15) is 56.7 Å². The Morgan fingerprint density at radius 2 is 2.07 bits per heavy atom. The van der Waals surface area contributed by atoms with E-state index in [1.807, 2.05) is 0 Å². The Morgan fingerprint density at radius 3 is 2.93 bits per heavy atom. The molecule has 5 nitrogen and oxygen atoms in total. The highest BCUT2D eigenvalue weighted by Crippen LogP contribution is 2.42. The van der Waals surface area contributed by atoms with Crippen molar-refractivity contribution in [3.8, 4) is 0 Å². The molecular weight excluding hydrogens is 336 g/mol. The van der Waals surface area contributed by atoms with Crippen molar-refractivity contribution in [3.05, 3.63) is 47.8 Å². The van der Waals surface area contributed by atoms with Gasteiger partial charge in [0.25, 0.3) is 0 Å². The highest BCUT2D eigenvalue weighted by atomic mass is 16.3. The second-order valence-corrected chi connectivity index (χ2v) is 8.61. The first-order valence-electron chi connectivity index (χ1n) is 10.1. The van der Waals surface area contributed by atoms with Gasteiger partial charge in [0.15, 0.2) is 0 Å². The summed E-state index contributed by atoms with van der Waals surface area (Å²) in [5, 5.41) is 13.1. The molecule has 0 bridgehead atoms. The van der Waals surface area contributed by atoms with Gasteiger partial charge < -0.3 is 15.3 Å². The molecule has 1 aliphatic heterocycles. The standard InChI is InChI=1S/C22H30N4O/c1-22(2)10-9-19(17-7-3-4-8-18(17)22)25-20-12-21(24-15-23-20)26-11-5-6-16(13-26)14-27/h3-4,7-8,12,15-16,19,27H,5-6,9-11,13-14H2,1-2H3,(H,23,24,25). The molecule has 2 N–H and O–H groups in total. The second-order valence-electron chi connectivity index (χ2n) is 8.61. The van der Waals surface area contributed by atoms with E-state index in [0.29, 0.717) is 5.92 Å². The van der Waals surface area contributed by atoms with Crippen molar-refractivity contribution in [2.24, 2.45) is 5.92 Å². The molecule has 2 heterocycles. The maximum atomic E-state index is 9.49. The van der Waals surface area contributed by atoms with Crippen LogP contribution >= 0.6 is 0 Å². The van der Waals surface area contributed by atoms with Gasteiger partial charge in [0, 0.05) is 25.8 Å². The molecular formula is C22H30N4O. The Balaban J connectivity index is 1.54. The molecule has 0 saturated carbocycles. The van der Waals surface area contributed by atoms with Crippen LogP contribution in [0, 0.1) is 5.92 Å². The van der Waals surface area contributed by atoms with Crippen LogP contribution in [0.3, 0.4) is 0 Å². The van der Waals surface area contributed by atoms with E-state index in [0.717, 1.165) is 50.4 Å². The summed E-state index contributed by atoms with van der Waals surface area (Å²) in [5.74, 6) is 2.18. The lowest BCUT2D eigenvalue weighted by Crippen LogP contribution is -2.37. The first-order valence-corrected chi connectivity index (χ1v) is 10.1. The number of aliphatic hydroxyl groups excluding tert-OH is 1. The molecule has 1 aliphatic carbocycles. The van der Waals surface area contributed by atoms with Gasteiger partial charge in [-0.3, -0.25) is 0 Å². The molecule has 0 spiro atoms. The zero-order valence-electron chi connectivity index (χ0n) is 16.4. The Hall–Kier alpha value is -2.14. The number of hydrogen-bond acceptors (Lipinski definition) is 5. The number of aliphatic hydroxyl groups is 1. The number of fused-ring (bicyclic) bond motifs is 1. The summed E-state index contributed by atoms with van der Waals surface area (Å²) in [6, 6.07) is 11.1. The largest absolute Gasteiger partial charge is 0.396 e. The van der Waals surface area contributed by atoms with E-state index >= 15 is 0 Å². The molecule has 144 valence electrons. The van der Waals surface area contributed by atoms with Gasteiger partial charge in [-0.1, -0.05) is 38.1 Å². The van der Waals surface area contributed by atoms with Crippen LogP contribution in [0.5, 0.6) is 0 Å². The van der Waals surface area contributed by atoms with Gasteiger partial charge >= 0.3 is 0 Å². The third kappa shape index (κ3) is 3.79. The number of nitrogens with zero attached hydrogens (tertiary/aromatic N) is 3. The van der Waals surface area contributed by atoms with Gasteiger partial charge in [0.1, 0.15) is 18.0 Å². The lowest BCUT2D eigenvalue weighted by Gasteiger charge is -2.37. The molecule has 0 radical (unpaired) electrons. The van der Waals surface area contributed by atoms with Crippen molar-refractivity contribution < 1.29 is 5.11 Å². The van der Waals surface area contributed by atoms with Gasteiger partial charge in [0.05, 0.1) is 6.04 Å².